The van der Waals surface area contributed by atoms with Gasteiger partial charge < -0.3 is 20.6 Å². The quantitative estimate of drug-likeness (QED) is 0.616. The van der Waals surface area contributed by atoms with E-state index in [2.05, 4.69) is 34.4 Å². The number of carbonyl (C=O) groups is 2. The first-order valence-electron chi connectivity index (χ1n) is 10.1. The van der Waals surface area contributed by atoms with E-state index in [1.807, 2.05) is 0 Å². The van der Waals surface area contributed by atoms with E-state index in [1.165, 1.54) is 12.3 Å². The van der Waals surface area contributed by atoms with Gasteiger partial charge in [0.25, 0.3) is 5.91 Å². The van der Waals surface area contributed by atoms with Crippen LogP contribution in [0, 0.1) is 5.92 Å². The van der Waals surface area contributed by atoms with Crippen molar-refractivity contribution in [1.82, 2.24) is 10.3 Å². The number of carbonyl (C=O) groups excluding carboxylic acids is 1. The standard InChI is InChI=1S/C22H27ClN4O3/c1-14(2)27(13-15-7-9-24-10-8-15)19-11-16(22(29)30)3-5-18(19)21(28)26-20-6-4-17(23)12-25-20/h3-6,11-12,14-15,24H,7-10,13H2,1-2H3,(H,29,30)(H,25,26,28). The molecule has 0 saturated carbocycles. The summed E-state index contributed by atoms with van der Waals surface area (Å²) in [5.41, 5.74) is 1.19. The highest BCUT2D eigenvalue weighted by Crippen LogP contribution is 2.28. The van der Waals surface area contributed by atoms with Crippen LogP contribution in [0.3, 0.4) is 0 Å². The van der Waals surface area contributed by atoms with E-state index >= 15 is 0 Å². The molecule has 1 fully saturated rings. The largest absolute Gasteiger partial charge is 0.478 e. The average Bonchev–Trinajstić information content (AvgIpc) is 2.73. The van der Waals surface area contributed by atoms with Crippen molar-refractivity contribution in [1.29, 1.82) is 0 Å². The van der Waals surface area contributed by atoms with E-state index in [4.69, 9.17) is 11.6 Å². The van der Waals surface area contributed by atoms with Crippen molar-refractivity contribution in [2.75, 3.05) is 29.9 Å². The monoisotopic (exact) mass is 430 g/mol. The van der Waals surface area contributed by atoms with Gasteiger partial charge in [0.1, 0.15) is 5.82 Å². The number of piperidine rings is 1. The molecule has 1 aliphatic rings. The second-order valence-corrected chi connectivity index (χ2v) is 8.23. The number of hydrogen-bond acceptors (Lipinski definition) is 5. The lowest BCUT2D eigenvalue weighted by molar-refractivity contribution is 0.0696. The maximum atomic E-state index is 13.1. The number of pyridine rings is 1. The number of halogens is 1. The molecule has 30 heavy (non-hydrogen) atoms. The van der Waals surface area contributed by atoms with Gasteiger partial charge in [0.2, 0.25) is 0 Å². The number of nitrogens with one attached hydrogen (secondary N) is 2. The van der Waals surface area contributed by atoms with Crippen LogP contribution in [-0.4, -0.2) is 47.6 Å². The Morgan fingerprint density at radius 3 is 2.60 bits per heavy atom. The Hall–Kier alpha value is -2.64. The third-order valence-corrected chi connectivity index (χ3v) is 5.53. The van der Waals surface area contributed by atoms with E-state index in [-0.39, 0.29) is 17.5 Å². The zero-order chi connectivity index (χ0) is 21.7. The maximum Gasteiger partial charge on any atom is 0.335 e. The van der Waals surface area contributed by atoms with Crippen molar-refractivity contribution >= 4 is 35.0 Å². The van der Waals surface area contributed by atoms with Crippen molar-refractivity contribution in [2.45, 2.75) is 32.7 Å². The van der Waals surface area contributed by atoms with Gasteiger partial charge in [-0.1, -0.05) is 11.6 Å². The van der Waals surface area contributed by atoms with Crippen molar-refractivity contribution in [3.8, 4) is 0 Å². The normalized spacial score (nSPS) is 14.5. The first kappa shape index (κ1) is 22.1. The Bertz CT molecular complexity index is 896. The Kier molecular flexibility index (Phi) is 7.29. The highest BCUT2D eigenvalue weighted by atomic mass is 35.5. The minimum Gasteiger partial charge on any atom is -0.478 e. The van der Waals surface area contributed by atoms with Gasteiger partial charge in [0, 0.05) is 18.8 Å². The summed E-state index contributed by atoms with van der Waals surface area (Å²) in [6.45, 7) is 6.82. The van der Waals surface area contributed by atoms with Crippen molar-refractivity contribution < 1.29 is 14.7 Å². The Balaban J connectivity index is 1.94. The summed E-state index contributed by atoms with van der Waals surface area (Å²) in [5, 5.41) is 16.1. The number of hydrogen-bond donors (Lipinski definition) is 3. The minimum absolute atomic E-state index is 0.101. The van der Waals surface area contributed by atoms with E-state index in [0.29, 0.717) is 28.0 Å². The molecule has 2 heterocycles. The summed E-state index contributed by atoms with van der Waals surface area (Å²) in [6.07, 6.45) is 3.57. The predicted molar refractivity (Wildman–Crippen MR) is 119 cm³/mol. The van der Waals surface area contributed by atoms with Crippen LogP contribution in [0.2, 0.25) is 5.02 Å². The fourth-order valence-corrected chi connectivity index (χ4v) is 3.77. The average molecular weight is 431 g/mol. The summed E-state index contributed by atoms with van der Waals surface area (Å²) in [7, 11) is 0. The van der Waals surface area contributed by atoms with Crippen LogP contribution in [-0.2, 0) is 0 Å². The maximum absolute atomic E-state index is 13.1. The predicted octanol–water partition coefficient (Wildman–Crippen LogP) is 3.90. The fraction of sp³-hybridized carbons (Fsp3) is 0.409. The van der Waals surface area contributed by atoms with E-state index in [0.717, 1.165) is 32.5 Å². The van der Waals surface area contributed by atoms with Crippen LogP contribution in [0.25, 0.3) is 0 Å². The minimum atomic E-state index is -1.02. The Morgan fingerprint density at radius 1 is 1.27 bits per heavy atom. The molecule has 1 saturated heterocycles. The molecule has 0 radical (unpaired) electrons. The molecule has 0 aliphatic carbocycles. The van der Waals surface area contributed by atoms with E-state index in [9.17, 15) is 14.7 Å². The van der Waals surface area contributed by atoms with E-state index < -0.39 is 5.97 Å². The van der Waals surface area contributed by atoms with Gasteiger partial charge in [-0.3, -0.25) is 4.79 Å². The van der Waals surface area contributed by atoms with Crippen LogP contribution < -0.4 is 15.5 Å². The lowest BCUT2D eigenvalue weighted by atomic mass is 9.96. The zero-order valence-corrected chi connectivity index (χ0v) is 17.9. The second kappa shape index (κ2) is 9.91. The summed E-state index contributed by atoms with van der Waals surface area (Å²) in [5.74, 6) is -0.496. The number of amides is 1. The number of aromatic carboxylic acids is 1. The summed E-state index contributed by atoms with van der Waals surface area (Å²) < 4.78 is 0. The lowest BCUT2D eigenvalue weighted by Gasteiger charge is -2.35. The third-order valence-electron chi connectivity index (χ3n) is 5.30. The SMILES string of the molecule is CC(C)N(CC1CCNCC1)c1cc(C(=O)O)ccc1C(=O)Nc1ccc(Cl)cn1. The number of rotatable bonds is 7. The van der Waals surface area contributed by atoms with E-state index in [1.54, 1.807) is 24.3 Å². The van der Waals surface area contributed by atoms with Gasteiger partial charge in [0.05, 0.1) is 21.8 Å². The van der Waals surface area contributed by atoms with Gasteiger partial charge >= 0.3 is 5.97 Å². The number of nitrogens with zero attached hydrogens (tertiary/aromatic N) is 2. The second-order valence-electron chi connectivity index (χ2n) is 7.79. The van der Waals surface area contributed by atoms with Crippen LogP contribution in [0.4, 0.5) is 11.5 Å². The van der Waals surface area contributed by atoms with Crippen LogP contribution in [0.1, 0.15) is 47.4 Å². The Labute approximate surface area is 181 Å². The van der Waals surface area contributed by atoms with Gasteiger partial charge in [-0.25, -0.2) is 9.78 Å². The molecule has 0 unspecified atom stereocenters. The molecule has 3 N–H and O–H groups in total. The van der Waals surface area contributed by atoms with Crippen LogP contribution >= 0.6 is 11.6 Å². The molecule has 7 nitrogen and oxygen atoms in total. The molecular formula is C22H27ClN4O3. The summed E-state index contributed by atoms with van der Waals surface area (Å²) in [6, 6.07) is 8.00. The molecule has 8 heteroatoms. The van der Waals surface area contributed by atoms with Crippen LogP contribution in [0.15, 0.2) is 36.5 Å². The zero-order valence-electron chi connectivity index (χ0n) is 17.2. The van der Waals surface area contributed by atoms with Gasteiger partial charge in [-0.15, -0.1) is 0 Å². The molecule has 160 valence electrons. The first-order valence-corrected chi connectivity index (χ1v) is 10.5. The molecule has 0 bridgehead atoms. The van der Waals surface area contributed by atoms with Crippen LogP contribution in [0.5, 0.6) is 0 Å². The van der Waals surface area contributed by atoms with Crippen molar-refractivity contribution in [3.05, 3.63) is 52.7 Å². The number of carboxylic acids is 1. The smallest absolute Gasteiger partial charge is 0.335 e. The molecule has 1 aromatic carbocycles. The summed E-state index contributed by atoms with van der Waals surface area (Å²) in [4.78, 5) is 30.9. The van der Waals surface area contributed by atoms with Gasteiger partial charge in [-0.2, -0.15) is 0 Å². The third kappa shape index (κ3) is 5.49. The first-order chi connectivity index (χ1) is 14.3. The number of aromatic nitrogens is 1. The molecule has 0 spiro atoms. The number of benzene rings is 1. The molecule has 1 aliphatic heterocycles. The molecule has 1 aromatic heterocycles. The topological polar surface area (TPSA) is 94.6 Å². The molecule has 0 atom stereocenters. The lowest BCUT2D eigenvalue weighted by Crippen LogP contribution is -2.40. The highest BCUT2D eigenvalue weighted by Gasteiger charge is 2.24. The Morgan fingerprint density at radius 2 is 2.00 bits per heavy atom. The highest BCUT2D eigenvalue weighted by molar-refractivity contribution is 6.30. The molecule has 2 aromatic rings. The van der Waals surface area contributed by atoms with Gasteiger partial charge in [-0.05, 0) is 76.0 Å². The summed E-state index contributed by atoms with van der Waals surface area (Å²) >= 11 is 5.86. The number of carboxylic acid groups (broad SMARTS) is 1. The number of anilines is 2. The molecule has 1 amide bonds. The fourth-order valence-electron chi connectivity index (χ4n) is 3.66. The molecule has 3 rings (SSSR count). The van der Waals surface area contributed by atoms with Crippen molar-refractivity contribution in [2.24, 2.45) is 5.92 Å². The van der Waals surface area contributed by atoms with Crippen molar-refractivity contribution in [3.63, 3.8) is 0 Å². The van der Waals surface area contributed by atoms with Gasteiger partial charge in [0.15, 0.2) is 0 Å². The molecular weight excluding hydrogens is 404 g/mol.